The van der Waals surface area contributed by atoms with E-state index in [0.717, 1.165) is 12.8 Å². The molecule has 7 heteroatoms. The molecule has 2 fully saturated rings. The third-order valence-electron chi connectivity index (χ3n) is 4.84. The van der Waals surface area contributed by atoms with E-state index < -0.39 is 9.84 Å². The zero-order valence-electron chi connectivity index (χ0n) is 13.8. The largest absolute Gasteiger partial charge is 0.335 e. The van der Waals surface area contributed by atoms with Crippen molar-refractivity contribution in [1.29, 1.82) is 0 Å². The van der Waals surface area contributed by atoms with Crippen LogP contribution in [0.4, 0.5) is 4.39 Å². The first-order chi connectivity index (χ1) is 11.4. The van der Waals surface area contributed by atoms with Gasteiger partial charge in [0.05, 0.1) is 11.5 Å². The Morgan fingerprint density at radius 2 is 2.04 bits per heavy atom. The third kappa shape index (κ3) is 4.13. The van der Waals surface area contributed by atoms with Gasteiger partial charge >= 0.3 is 0 Å². The highest BCUT2D eigenvalue weighted by Crippen LogP contribution is 2.30. The second-order valence-electron chi connectivity index (χ2n) is 6.80. The highest BCUT2D eigenvalue weighted by molar-refractivity contribution is 7.91. The van der Waals surface area contributed by atoms with Gasteiger partial charge in [0.2, 0.25) is 5.91 Å². The third-order valence-corrected chi connectivity index (χ3v) is 6.54. The molecule has 3 rings (SSSR count). The van der Waals surface area contributed by atoms with Crippen molar-refractivity contribution in [1.82, 2.24) is 9.80 Å². The molecule has 2 aliphatic rings. The lowest BCUT2D eigenvalue weighted by atomic mass is 10.1. The topological polar surface area (TPSA) is 57.7 Å². The van der Waals surface area contributed by atoms with Gasteiger partial charge in [0.15, 0.2) is 9.84 Å². The quantitative estimate of drug-likeness (QED) is 0.803. The monoisotopic (exact) mass is 354 g/mol. The van der Waals surface area contributed by atoms with Crippen LogP contribution in [0.5, 0.6) is 0 Å². The number of rotatable bonds is 5. The molecule has 1 atom stereocenters. The average molecular weight is 354 g/mol. The maximum absolute atomic E-state index is 13.9. The Morgan fingerprint density at radius 1 is 1.33 bits per heavy atom. The van der Waals surface area contributed by atoms with E-state index in [0.29, 0.717) is 12.1 Å². The summed E-state index contributed by atoms with van der Waals surface area (Å²) in [5.41, 5.74) is 0.502. The Bertz CT molecular complexity index is 718. The fourth-order valence-corrected chi connectivity index (χ4v) is 4.81. The van der Waals surface area contributed by atoms with E-state index in [4.69, 9.17) is 0 Å². The number of hydrogen-bond acceptors (Lipinski definition) is 4. The summed E-state index contributed by atoms with van der Waals surface area (Å²) in [5, 5.41) is 0. The second-order valence-corrected chi connectivity index (χ2v) is 9.03. The van der Waals surface area contributed by atoms with E-state index in [1.54, 1.807) is 23.1 Å². The lowest BCUT2D eigenvalue weighted by Crippen LogP contribution is -2.49. The van der Waals surface area contributed by atoms with Crippen molar-refractivity contribution in [3.8, 4) is 0 Å². The molecular formula is C17H23FN2O3S. The molecule has 1 saturated carbocycles. The van der Waals surface area contributed by atoms with Crippen molar-refractivity contribution >= 4 is 15.7 Å². The summed E-state index contributed by atoms with van der Waals surface area (Å²) in [7, 11) is -1.23. The molecule has 1 unspecified atom stereocenters. The number of sulfone groups is 1. The summed E-state index contributed by atoms with van der Waals surface area (Å²) in [4.78, 5) is 16.4. The molecule has 1 aromatic carbocycles. The maximum atomic E-state index is 13.9. The average Bonchev–Trinajstić information content (AvgIpc) is 3.34. The fourth-order valence-electron chi connectivity index (χ4n) is 3.12. The lowest BCUT2D eigenvalue weighted by molar-refractivity contribution is -0.133. The Balaban J connectivity index is 1.70. The van der Waals surface area contributed by atoms with Crippen molar-refractivity contribution in [3.63, 3.8) is 0 Å². The normalized spacial score (nSPS) is 23.8. The fraction of sp³-hybridized carbons (Fsp3) is 0.588. The minimum Gasteiger partial charge on any atom is -0.335 e. The lowest BCUT2D eigenvalue weighted by Gasteiger charge is -2.33. The van der Waals surface area contributed by atoms with Crippen molar-refractivity contribution in [2.75, 3.05) is 25.1 Å². The molecule has 24 heavy (non-hydrogen) atoms. The van der Waals surface area contributed by atoms with Crippen molar-refractivity contribution < 1.29 is 17.6 Å². The van der Waals surface area contributed by atoms with Gasteiger partial charge in [0.1, 0.15) is 5.82 Å². The molecule has 1 aliphatic heterocycles. The minimum absolute atomic E-state index is 0.0213. The van der Waals surface area contributed by atoms with Crippen LogP contribution in [0, 0.1) is 5.82 Å². The van der Waals surface area contributed by atoms with Gasteiger partial charge in [-0.15, -0.1) is 0 Å². The molecule has 0 spiro atoms. The smallest absolute Gasteiger partial charge is 0.224 e. The second kappa shape index (κ2) is 6.80. The van der Waals surface area contributed by atoms with Gasteiger partial charge in [-0.1, -0.05) is 18.2 Å². The summed E-state index contributed by atoms with van der Waals surface area (Å²) < 4.78 is 37.6. The highest BCUT2D eigenvalue weighted by atomic mass is 32.2. The van der Waals surface area contributed by atoms with Crippen LogP contribution in [0.2, 0.25) is 0 Å². The van der Waals surface area contributed by atoms with E-state index in [-0.39, 0.29) is 48.3 Å². The van der Waals surface area contributed by atoms with Gasteiger partial charge in [-0.05, 0) is 26.0 Å². The number of carbonyl (C=O) groups excluding carboxylic acids is 1. The molecular weight excluding hydrogens is 331 g/mol. The Labute approximate surface area is 142 Å². The van der Waals surface area contributed by atoms with E-state index in [1.165, 1.54) is 6.07 Å². The van der Waals surface area contributed by atoms with Crippen LogP contribution < -0.4 is 0 Å². The van der Waals surface area contributed by atoms with Gasteiger partial charge < -0.3 is 9.80 Å². The van der Waals surface area contributed by atoms with E-state index in [1.807, 2.05) is 11.9 Å². The summed E-state index contributed by atoms with van der Waals surface area (Å²) in [6.45, 7) is 0.705. The zero-order valence-corrected chi connectivity index (χ0v) is 14.6. The van der Waals surface area contributed by atoms with Crippen molar-refractivity contribution in [2.24, 2.45) is 0 Å². The summed E-state index contributed by atoms with van der Waals surface area (Å²) >= 11 is 0. The number of halogens is 1. The molecule has 0 radical (unpaired) electrons. The standard InChI is InChI=1S/C17H23FN2O3S/c1-19-8-9-24(22,23)12-15(19)10-17(21)20(14-6-7-14)11-13-4-2-3-5-16(13)18/h2-5,14-15H,6-12H2,1H3. The summed E-state index contributed by atoms with van der Waals surface area (Å²) in [6.07, 6.45) is 2.03. The molecule has 1 heterocycles. The van der Waals surface area contributed by atoms with Gasteiger partial charge in [-0.25, -0.2) is 12.8 Å². The summed E-state index contributed by atoms with van der Waals surface area (Å²) in [6, 6.07) is 6.33. The molecule has 1 amide bonds. The highest BCUT2D eigenvalue weighted by Gasteiger charge is 2.36. The molecule has 1 aromatic rings. The number of nitrogens with zero attached hydrogens (tertiary/aromatic N) is 2. The van der Waals surface area contributed by atoms with Crippen LogP contribution in [0.25, 0.3) is 0 Å². The first-order valence-electron chi connectivity index (χ1n) is 8.29. The predicted octanol–water partition coefficient (Wildman–Crippen LogP) is 1.44. The molecule has 1 saturated heterocycles. The first-order valence-corrected chi connectivity index (χ1v) is 10.1. The van der Waals surface area contributed by atoms with Crippen LogP contribution in [0.3, 0.4) is 0 Å². The van der Waals surface area contributed by atoms with Crippen LogP contribution in [0.1, 0.15) is 24.8 Å². The van der Waals surface area contributed by atoms with Crippen LogP contribution in [0.15, 0.2) is 24.3 Å². The summed E-state index contributed by atoms with van der Waals surface area (Å²) in [5.74, 6) is -0.230. The van der Waals surface area contributed by atoms with Crippen LogP contribution in [-0.4, -0.2) is 61.3 Å². The van der Waals surface area contributed by atoms with Gasteiger partial charge in [0, 0.05) is 37.2 Å². The number of hydrogen-bond donors (Lipinski definition) is 0. The molecule has 0 aromatic heterocycles. The SMILES string of the molecule is CN1CCS(=O)(=O)CC1CC(=O)N(Cc1ccccc1F)C1CC1. The van der Waals surface area contributed by atoms with Gasteiger partial charge in [0.25, 0.3) is 0 Å². The van der Waals surface area contributed by atoms with E-state index in [2.05, 4.69) is 0 Å². The minimum atomic E-state index is -3.08. The van der Waals surface area contributed by atoms with Gasteiger partial charge in [-0.2, -0.15) is 0 Å². The van der Waals surface area contributed by atoms with Crippen molar-refractivity contribution in [2.45, 2.75) is 37.9 Å². The van der Waals surface area contributed by atoms with E-state index in [9.17, 15) is 17.6 Å². The predicted molar refractivity (Wildman–Crippen MR) is 89.7 cm³/mol. The Kier molecular flexibility index (Phi) is 4.92. The first kappa shape index (κ1) is 17.4. The molecule has 5 nitrogen and oxygen atoms in total. The number of carbonyl (C=O) groups is 1. The number of amides is 1. The maximum Gasteiger partial charge on any atom is 0.224 e. The molecule has 0 N–H and O–H groups in total. The van der Waals surface area contributed by atoms with Crippen LogP contribution >= 0.6 is 0 Å². The Hall–Kier alpha value is -1.47. The zero-order chi connectivity index (χ0) is 17.3. The Morgan fingerprint density at radius 3 is 2.71 bits per heavy atom. The van der Waals surface area contributed by atoms with E-state index >= 15 is 0 Å². The molecule has 1 aliphatic carbocycles. The molecule has 0 bridgehead atoms. The number of benzene rings is 1. The van der Waals surface area contributed by atoms with Gasteiger partial charge in [-0.3, -0.25) is 4.79 Å². The molecule has 132 valence electrons. The van der Waals surface area contributed by atoms with Crippen LogP contribution in [-0.2, 0) is 21.2 Å². The van der Waals surface area contributed by atoms with Crippen molar-refractivity contribution in [3.05, 3.63) is 35.6 Å².